The highest BCUT2D eigenvalue weighted by Gasteiger charge is 2.22. The van der Waals surface area contributed by atoms with Crippen LogP contribution in [0.2, 0.25) is 0 Å². The van der Waals surface area contributed by atoms with Gasteiger partial charge in [0.25, 0.3) is 10.0 Å². The summed E-state index contributed by atoms with van der Waals surface area (Å²) in [5, 5.41) is 0.774. The van der Waals surface area contributed by atoms with Crippen molar-refractivity contribution < 1.29 is 21.9 Å². The molecule has 0 saturated heterocycles. The Bertz CT molecular complexity index is 1620. The van der Waals surface area contributed by atoms with Crippen LogP contribution in [-0.4, -0.2) is 25.5 Å². The van der Waals surface area contributed by atoms with Crippen LogP contribution in [-0.2, 0) is 10.0 Å². The maximum Gasteiger partial charge on any atom is 0.264 e. The van der Waals surface area contributed by atoms with Crippen molar-refractivity contribution in [1.82, 2.24) is 9.97 Å². The Labute approximate surface area is 206 Å². The fourth-order valence-electron chi connectivity index (χ4n) is 3.66. The normalized spacial score (nSPS) is 12.2. The maximum absolute atomic E-state index is 14.2. The summed E-state index contributed by atoms with van der Waals surface area (Å²) in [5.74, 6) is -2.16. The van der Waals surface area contributed by atoms with Crippen LogP contribution in [0, 0.1) is 11.6 Å². The molecule has 2 aromatic heterocycles. The van der Waals surface area contributed by atoms with Gasteiger partial charge in [0.15, 0.2) is 0 Å². The largest absolute Gasteiger partial charge is 0.480 e. The number of sulfonamides is 1. The van der Waals surface area contributed by atoms with Crippen molar-refractivity contribution >= 4 is 32.2 Å². The average Bonchev–Trinajstić information content (AvgIpc) is 2.86. The Morgan fingerprint density at radius 1 is 1.03 bits per heavy atom. The minimum atomic E-state index is -4.42. The minimum Gasteiger partial charge on any atom is -0.480 e. The summed E-state index contributed by atoms with van der Waals surface area (Å²) >= 11 is 0. The van der Waals surface area contributed by atoms with Crippen molar-refractivity contribution in [2.45, 2.75) is 4.90 Å². The van der Waals surface area contributed by atoms with Gasteiger partial charge in [-0.25, -0.2) is 22.2 Å². The molecular weight excluding hydrogens is 488 g/mol. The van der Waals surface area contributed by atoms with E-state index < -0.39 is 26.6 Å². The standard InChI is InChI=1S/C25H21F2N5O3S/c1-35-25-23(32-36(33,34)24-5-3-18(26)12-21(24)27)11-17(14-31-25)15-2-4-22-20(10-15)19(7-9-30-22)16(13-29)6-8-28/h2-14,32H,28-29H2,1H3/b8-6-,16-13+. The van der Waals surface area contributed by atoms with E-state index in [4.69, 9.17) is 16.2 Å². The van der Waals surface area contributed by atoms with Crippen molar-refractivity contribution in [3.05, 3.63) is 96.6 Å². The molecule has 36 heavy (non-hydrogen) atoms. The number of anilines is 1. The zero-order valence-electron chi connectivity index (χ0n) is 18.9. The molecule has 11 heteroatoms. The molecule has 0 unspecified atom stereocenters. The van der Waals surface area contributed by atoms with Gasteiger partial charge in [0.05, 0.1) is 12.6 Å². The average molecular weight is 510 g/mol. The molecule has 0 spiro atoms. The third kappa shape index (κ3) is 4.82. The molecule has 184 valence electrons. The lowest BCUT2D eigenvalue weighted by Gasteiger charge is -2.14. The summed E-state index contributed by atoms with van der Waals surface area (Å²) in [7, 11) is -3.10. The molecule has 4 rings (SSSR count). The van der Waals surface area contributed by atoms with Crippen LogP contribution in [0.15, 0.2) is 84.3 Å². The van der Waals surface area contributed by atoms with Crippen LogP contribution in [0.4, 0.5) is 14.5 Å². The van der Waals surface area contributed by atoms with Crippen molar-refractivity contribution in [2.75, 3.05) is 11.8 Å². The van der Waals surface area contributed by atoms with Gasteiger partial charge in [-0.1, -0.05) is 6.07 Å². The molecule has 0 fully saturated rings. The number of hydrogen-bond acceptors (Lipinski definition) is 7. The van der Waals surface area contributed by atoms with Gasteiger partial charge in [0.2, 0.25) is 5.88 Å². The predicted molar refractivity (Wildman–Crippen MR) is 134 cm³/mol. The van der Waals surface area contributed by atoms with E-state index in [-0.39, 0.29) is 11.6 Å². The van der Waals surface area contributed by atoms with Gasteiger partial charge in [-0.15, -0.1) is 0 Å². The van der Waals surface area contributed by atoms with Gasteiger partial charge in [0.1, 0.15) is 22.2 Å². The number of rotatable bonds is 7. The van der Waals surface area contributed by atoms with E-state index in [9.17, 15) is 17.2 Å². The number of ether oxygens (including phenoxy) is 1. The molecule has 0 atom stereocenters. The highest BCUT2D eigenvalue weighted by molar-refractivity contribution is 7.92. The third-order valence-corrected chi connectivity index (χ3v) is 6.71. The van der Waals surface area contributed by atoms with Crippen LogP contribution < -0.4 is 20.9 Å². The smallest absolute Gasteiger partial charge is 0.264 e. The monoisotopic (exact) mass is 509 g/mol. The Balaban J connectivity index is 1.80. The number of fused-ring (bicyclic) bond motifs is 1. The zero-order chi connectivity index (χ0) is 25.9. The number of aromatic nitrogens is 2. The lowest BCUT2D eigenvalue weighted by molar-refractivity contribution is 0.400. The SMILES string of the molecule is COc1ncc(-c2ccc3nccc(C(/C=C\N)=C/N)c3c2)cc1NS(=O)(=O)c1ccc(F)cc1F. The topological polar surface area (TPSA) is 133 Å². The van der Waals surface area contributed by atoms with Gasteiger partial charge in [-0.3, -0.25) is 9.71 Å². The van der Waals surface area contributed by atoms with Gasteiger partial charge in [-0.2, -0.15) is 0 Å². The van der Waals surface area contributed by atoms with E-state index in [1.807, 2.05) is 6.07 Å². The Hall–Kier alpha value is -4.51. The van der Waals surface area contributed by atoms with E-state index in [1.54, 1.807) is 30.5 Å². The van der Waals surface area contributed by atoms with Crippen LogP contribution in [0.3, 0.4) is 0 Å². The number of benzene rings is 2. The fourth-order valence-corrected chi connectivity index (χ4v) is 4.76. The summed E-state index contributed by atoms with van der Waals surface area (Å²) < 4.78 is 60.6. The summed E-state index contributed by atoms with van der Waals surface area (Å²) in [6, 6.07) is 10.9. The highest BCUT2D eigenvalue weighted by Crippen LogP contribution is 2.33. The first-order valence-electron chi connectivity index (χ1n) is 10.5. The Morgan fingerprint density at radius 2 is 1.83 bits per heavy atom. The molecule has 0 radical (unpaired) electrons. The van der Waals surface area contributed by atoms with Crippen molar-refractivity contribution in [2.24, 2.45) is 11.5 Å². The van der Waals surface area contributed by atoms with Gasteiger partial charge < -0.3 is 16.2 Å². The van der Waals surface area contributed by atoms with E-state index in [1.165, 1.54) is 31.8 Å². The number of nitrogens with zero attached hydrogens (tertiary/aromatic N) is 2. The van der Waals surface area contributed by atoms with Crippen LogP contribution in [0.25, 0.3) is 27.6 Å². The predicted octanol–water partition coefficient (Wildman–Crippen LogP) is 4.16. The third-order valence-electron chi connectivity index (χ3n) is 5.31. The number of halogens is 2. The molecule has 0 aliphatic heterocycles. The van der Waals surface area contributed by atoms with E-state index in [2.05, 4.69) is 14.7 Å². The second kappa shape index (κ2) is 10.0. The number of pyridine rings is 2. The molecule has 2 heterocycles. The second-order valence-electron chi connectivity index (χ2n) is 7.53. The number of nitrogens with one attached hydrogen (secondary N) is 1. The Kier molecular flexibility index (Phi) is 6.84. The lowest BCUT2D eigenvalue weighted by Crippen LogP contribution is -2.15. The maximum atomic E-state index is 14.2. The highest BCUT2D eigenvalue weighted by atomic mass is 32.2. The molecule has 4 aromatic rings. The van der Waals surface area contributed by atoms with E-state index in [0.29, 0.717) is 28.3 Å². The first-order chi connectivity index (χ1) is 17.3. The van der Waals surface area contributed by atoms with Crippen LogP contribution in [0.5, 0.6) is 5.88 Å². The first kappa shape index (κ1) is 24.6. The fraction of sp³-hybridized carbons (Fsp3) is 0.0400. The molecule has 0 saturated carbocycles. The molecule has 2 aromatic carbocycles. The quantitative estimate of drug-likeness (QED) is 0.319. The summed E-state index contributed by atoms with van der Waals surface area (Å²) in [4.78, 5) is 7.86. The number of methoxy groups -OCH3 is 1. The summed E-state index contributed by atoms with van der Waals surface area (Å²) in [6.45, 7) is 0. The number of nitrogens with two attached hydrogens (primary N) is 2. The Morgan fingerprint density at radius 3 is 2.53 bits per heavy atom. The molecule has 5 N–H and O–H groups in total. The molecule has 8 nitrogen and oxygen atoms in total. The van der Waals surface area contributed by atoms with Gasteiger partial charge in [0, 0.05) is 35.6 Å². The van der Waals surface area contributed by atoms with Crippen LogP contribution in [0.1, 0.15) is 5.56 Å². The molecule has 0 bridgehead atoms. The van der Waals surface area contributed by atoms with Crippen molar-refractivity contribution in [3.63, 3.8) is 0 Å². The number of allylic oxidation sites excluding steroid dienone is 2. The summed E-state index contributed by atoms with van der Waals surface area (Å²) in [6.07, 6.45) is 7.64. The van der Waals surface area contributed by atoms with E-state index >= 15 is 0 Å². The second-order valence-corrected chi connectivity index (χ2v) is 9.18. The first-order valence-corrected chi connectivity index (χ1v) is 12.0. The van der Waals surface area contributed by atoms with Crippen LogP contribution >= 0.6 is 0 Å². The van der Waals surface area contributed by atoms with Crippen molar-refractivity contribution in [3.8, 4) is 17.0 Å². The van der Waals surface area contributed by atoms with E-state index in [0.717, 1.165) is 23.1 Å². The van der Waals surface area contributed by atoms with Gasteiger partial charge in [-0.05, 0) is 65.4 Å². The minimum absolute atomic E-state index is 0.0289. The molecule has 0 aliphatic carbocycles. The van der Waals surface area contributed by atoms with Gasteiger partial charge >= 0.3 is 0 Å². The number of hydrogen-bond donors (Lipinski definition) is 3. The summed E-state index contributed by atoms with van der Waals surface area (Å²) in [5.41, 5.74) is 14.7. The molecule has 0 aliphatic rings. The zero-order valence-corrected chi connectivity index (χ0v) is 19.8. The van der Waals surface area contributed by atoms with Crippen molar-refractivity contribution in [1.29, 1.82) is 0 Å². The lowest BCUT2D eigenvalue weighted by atomic mass is 9.98. The molecular formula is C25H21F2N5O3S. The molecule has 0 amide bonds.